The molecule has 0 spiro atoms. The van der Waals surface area contributed by atoms with Crippen LogP contribution in [0, 0.1) is 23.6 Å². The van der Waals surface area contributed by atoms with E-state index in [1.165, 1.54) is 11.0 Å². The molecule has 0 aromatic heterocycles. The Morgan fingerprint density at radius 3 is 2.43 bits per heavy atom. The van der Waals surface area contributed by atoms with Crippen LogP contribution in [0.25, 0.3) is 0 Å². The topological polar surface area (TPSA) is 63.4 Å². The van der Waals surface area contributed by atoms with Crippen LogP contribution in [0.1, 0.15) is 30.9 Å². The normalized spacial score (nSPS) is 28.3. The monoisotopic (exact) mass is 290 g/mol. The third kappa shape index (κ3) is 2.35. The summed E-state index contributed by atoms with van der Waals surface area (Å²) in [6.07, 6.45) is 1.59. The molecule has 1 saturated heterocycles. The van der Waals surface area contributed by atoms with Gasteiger partial charge in [-0.1, -0.05) is 13.0 Å². The highest BCUT2D eigenvalue weighted by atomic mass is 19.1. The van der Waals surface area contributed by atoms with Crippen LogP contribution in [0.5, 0.6) is 0 Å². The Bertz CT molecular complexity index is 578. The summed E-state index contributed by atoms with van der Waals surface area (Å²) in [6, 6.07) is 4.57. The van der Waals surface area contributed by atoms with Gasteiger partial charge in [0.1, 0.15) is 5.82 Å². The Morgan fingerprint density at radius 1 is 1.24 bits per heavy atom. The number of carbonyl (C=O) groups excluding carboxylic acids is 2. The first-order chi connectivity index (χ1) is 10.0. The summed E-state index contributed by atoms with van der Waals surface area (Å²) in [4.78, 5) is 26.1. The molecule has 0 radical (unpaired) electrons. The van der Waals surface area contributed by atoms with Crippen molar-refractivity contribution in [3.8, 4) is 0 Å². The Kier molecular flexibility index (Phi) is 3.53. The molecule has 3 rings (SSSR count). The minimum absolute atomic E-state index is 0.0760. The van der Waals surface area contributed by atoms with Gasteiger partial charge in [0.05, 0.1) is 18.4 Å². The molecule has 2 aliphatic rings. The number of fused-ring (bicyclic) bond motifs is 1. The van der Waals surface area contributed by atoms with Crippen molar-refractivity contribution in [2.24, 2.45) is 23.5 Å². The van der Waals surface area contributed by atoms with E-state index >= 15 is 0 Å². The van der Waals surface area contributed by atoms with Crippen molar-refractivity contribution in [1.29, 1.82) is 0 Å². The number of hydrogen-bond donors (Lipinski definition) is 1. The fourth-order valence-corrected chi connectivity index (χ4v) is 3.57. The molecule has 1 aliphatic carbocycles. The van der Waals surface area contributed by atoms with E-state index in [1.807, 2.05) is 0 Å². The first-order valence-corrected chi connectivity index (χ1v) is 7.34. The molecule has 5 heteroatoms. The quantitative estimate of drug-likeness (QED) is 0.864. The lowest BCUT2D eigenvalue weighted by Gasteiger charge is -2.17. The molecule has 1 aromatic rings. The Labute approximate surface area is 123 Å². The highest BCUT2D eigenvalue weighted by Crippen LogP contribution is 2.43. The number of nitrogens with zero attached hydrogens (tertiary/aromatic N) is 1. The van der Waals surface area contributed by atoms with Crippen molar-refractivity contribution in [3.05, 3.63) is 35.1 Å². The molecule has 2 amide bonds. The van der Waals surface area contributed by atoms with Gasteiger partial charge in [0.2, 0.25) is 11.8 Å². The fraction of sp³-hybridized carbons (Fsp3) is 0.500. The first-order valence-electron chi connectivity index (χ1n) is 7.34. The van der Waals surface area contributed by atoms with Crippen LogP contribution in [-0.2, 0) is 22.7 Å². The molecule has 1 aliphatic heterocycles. The highest BCUT2D eigenvalue weighted by Gasteiger charge is 2.51. The van der Waals surface area contributed by atoms with Gasteiger partial charge >= 0.3 is 0 Å². The van der Waals surface area contributed by atoms with Crippen molar-refractivity contribution in [2.75, 3.05) is 0 Å². The highest BCUT2D eigenvalue weighted by molar-refractivity contribution is 6.05. The predicted octanol–water partition coefficient (Wildman–Crippen LogP) is 1.82. The zero-order valence-electron chi connectivity index (χ0n) is 12.0. The number of nitrogens with two attached hydrogens (primary N) is 1. The van der Waals surface area contributed by atoms with Crippen LogP contribution in [0.3, 0.4) is 0 Å². The zero-order valence-corrected chi connectivity index (χ0v) is 12.0. The number of rotatable bonds is 3. The molecule has 112 valence electrons. The number of amides is 2. The van der Waals surface area contributed by atoms with E-state index < -0.39 is 0 Å². The van der Waals surface area contributed by atoms with Crippen LogP contribution in [0.15, 0.2) is 18.2 Å². The predicted molar refractivity (Wildman–Crippen MR) is 75.2 cm³/mol. The summed E-state index contributed by atoms with van der Waals surface area (Å²) in [5.41, 5.74) is 6.63. The average molecular weight is 290 g/mol. The lowest BCUT2D eigenvalue weighted by molar-refractivity contribution is -0.141. The van der Waals surface area contributed by atoms with Gasteiger partial charge in [-0.3, -0.25) is 14.5 Å². The molecule has 2 atom stereocenters. The second kappa shape index (κ2) is 5.22. The largest absolute Gasteiger partial charge is 0.326 e. The van der Waals surface area contributed by atoms with Gasteiger partial charge in [0, 0.05) is 12.1 Å². The summed E-state index contributed by atoms with van der Waals surface area (Å²) in [5.74, 6) is -0.375. The first kappa shape index (κ1) is 14.2. The molecule has 2 fully saturated rings. The maximum atomic E-state index is 13.4. The van der Waals surface area contributed by atoms with Crippen LogP contribution < -0.4 is 5.73 Å². The molecule has 1 heterocycles. The third-order valence-corrected chi connectivity index (χ3v) is 4.64. The maximum Gasteiger partial charge on any atom is 0.233 e. The molecule has 2 unspecified atom stereocenters. The Balaban J connectivity index is 1.80. The molecule has 21 heavy (non-hydrogen) atoms. The van der Waals surface area contributed by atoms with Gasteiger partial charge in [0.15, 0.2) is 0 Å². The molecule has 1 aromatic carbocycles. The standard InChI is InChI=1S/C16H19FN2O2/c1-9-4-12-13(5-9)16(21)19(15(12)20)8-10-2-3-14(17)11(6-10)7-18/h2-3,6,9,12-13H,4-5,7-8,18H2,1H3. The minimum Gasteiger partial charge on any atom is -0.326 e. The summed E-state index contributed by atoms with van der Waals surface area (Å²) >= 11 is 0. The van der Waals surface area contributed by atoms with Gasteiger partial charge in [-0.15, -0.1) is 0 Å². The smallest absolute Gasteiger partial charge is 0.233 e. The van der Waals surface area contributed by atoms with Gasteiger partial charge in [-0.2, -0.15) is 0 Å². The number of carbonyl (C=O) groups is 2. The molecule has 2 N–H and O–H groups in total. The van der Waals surface area contributed by atoms with Crippen LogP contribution >= 0.6 is 0 Å². The SMILES string of the molecule is CC1CC2C(=O)N(Cc3ccc(F)c(CN)c3)C(=O)C2C1. The van der Waals surface area contributed by atoms with Crippen LogP contribution in [-0.4, -0.2) is 16.7 Å². The Morgan fingerprint density at radius 2 is 1.86 bits per heavy atom. The molecule has 1 saturated carbocycles. The van der Waals surface area contributed by atoms with Gasteiger partial charge in [-0.25, -0.2) is 4.39 Å². The van der Waals surface area contributed by atoms with Crippen molar-refractivity contribution in [1.82, 2.24) is 4.90 Å². The van der Waals surface area contributed by atoms with Crippen LogP contribution in [0.4, 0.5) is 4.39 Å². The van der Waals surface area contributed by atoms with Crippen molar-refractivity contribution >= 4 is 11.8 Å². The van der Waals surface area contributed by atoms with Gasteiger partial charge in [-0.05, 0) is 36.5 Å². The van der Waals surface area contributed by atoms with Crippen molar-refractivity contribution in [3.63, 3.8) is 0 Å². The van der Waals surface area contributed by atoms with Crippen molar-refractivity contribution in [2.45, 2.75) is 32.9 Å². The van der Waals surface area contributed by atoms with Crippen molar-refractivity contribution < 1.29 is 14.0 Å². The second-order valence-corrected chi connectivity index (χ2v) is 6.18. The van der Waals surface area contributed by atoms with E-state index in [2.05, 4.69) is 6.92 Å². The van der Waals surface area contributed by atoms with Crippen LogP contribution in [0.2, 0.25) is 0 Å². The number of likely N-dealkylation sites (tertiary alicyclic amines) is 1. The lowest BCUT2D eigenvalue weighted by Crippen LogP contribution is -2.31. The van der Waals surface area contributed by atoms with Gasteiger partial charge < -0.3 is 5.73 Å². The van der Waals surface area contributed by atoms with E-state index in [0.717, 1.165) is 18.4 Å². The lowest BCUT2D eigenvalue weighted by atomic mass is 10.00. The molecular weight excluding hydrogens is 271 g/mol. The second-order valence-electron chi connectivity index (χ2n) is 6.18. The van der Waals surface area contributed by atoms with E-state index in [9.17, 15) is 14.0 Å². The van der Waals surface area contributed by atoms with Gasteiger partial charge in [0.25, 0.3) is 0 Å². The average Bonchev–Trinajstić information content (AvgIpc) is 2.94. The number of benzene rings is 1. The minimum atomic E-state index is -0.356. The maximum absolute atomic E-state index is 13.4. The molecular formula is C16H19FN2O2. The molecule has 4 nitrogen and oxygen atoms in total. The summed E-state index contributed by atoms with van der Waals surface area (Å²) in [6.45, 7) is 2.40. The fourth-order valence-electron chi connectivity index (χ4n) is 3.57. The van der Waals surface area contributed by atoms with E-state index in [0.29, 0.717) is 11.5 Å². The van der Waals surface area contributed by atoms with E-state index in [1.54, 1.807) is 12.1 Å². The summed E-state index contributed by atoms with van der Waals surface area (Å²) in [7, 11) is 0. The number of hydrogen-bond acceptors (Lipinski definition) is 3. The zero-order chi connectivity index (χ0) is 15.1. The number of halogens is 1. The summed E-state index contributed by atoms with van der Waals surface area (Å²) in [5, 5.41) is 0. The third-order valence-electron chi connectivity index (χ3n) is 4.64. The van der Waals surface area contributed by atoms with E-state index in [-0.39, 0.29) is 42.6 Å². The van der Waals surface area contributed by atoms with E-state index in [4.69, 9.17) is 5.73 Å². The Hall–Kier alpha value is -1.75. The summed E-state index contributed by atoms with van der Waals surface area (Å²) < 4.78 is 13.4. The number of imide groups is 1. The molecule has 0 bridgehead atoms.